The summed E-state index contributed by atoms with van der Waals surface area (Å²) in [6.45, 7) is 7.83. The zero-order chi connectivity index (χ0) is 29.1. The summed E-state index contributed by atoms with van der Waals surface area (Å²) < 4.78 is 5.55. The summed E-state index contributed by atoms with van der Waals surface area (Å²) in [6, 6.07) is 8.97. The number of anilines is 1. The van der Waals surface area contributed by atoms with E-state index in [1.54, 1.807) is 13.2 Å². The number of carbonyl (C=O) groups excluding carboxylic acids is 3. The summed E-state index contributed by atoms with van der Waals surface area (Å²) in [5.41, 5.74) is 17.5. The minimum Gasteiger partial charge on any atom is -0.496 e. The van der Waals surface area contributed by atoms with Crippen molar-refractivity contribution < 1.29 is 19.1 Å². The molecular weight excluding hydrogens is 498 g/mol. The van der Waals surface area contributed by atoms with Crippen molar-refractivity contribution in [1.82, 2.24) is 10.6 Å². The first-order valence-corrected chi connectivity index (χ1v) is 13.2. The molecule has 0 aromatic heterocycles. The van der Waals surface area contributed by atoms with Crippen LogP contribution >= 0.6 is 0 Å². The van der Waals surface area contributed by atoms with Crippen LogP contribution in [0, 0.1) is 11.8 Å². The van der Waals surface area contributed by atoms with Gasteiger partial charge in [0.15, 0.2) is 5.96 Å². The lowest BCUT2D eigenvalue weighted by Crippen LogP contribution is -2.55. The van der Waals surface area contributed by atoms with Crippen molar-refractivity contribution in [1.29, 1.82) is 0 Å². The molecule has 0 fully saturated rings. The topological polar surface area (TPSA) is 187 Å². The van der Waals surface area contributed by atoms with Gasteiger partial charge in [0.2, 0.25) is 17.7 Å². The molecule has 0 saturated carbocycles. The van der Waals surface area contributed by atoms with E-state index in [9.17, 15) is 14.4 Å². The van der Waals surface area contributed by atoms with Crippen molar-refractivity contribution in [3.63, 3.8) is 0 Å². The second kappa shape index (κ2) is 14.9. The van der Waals surface area contributed by atoms with Crippen molar-refractivity contribution >= 4 is 40.1 Å². The third kappa shape index (κ3) is 9.75. The van der Waals surface area contributed by atoms with Gasteiger partial charge in [-0.15, -0.1) is 0 Å². The maximum atomic E-state index is 13.4. The SMILES string of the molecule is COc1cc(N[C@@H](CCCN=C(N)N)C(=O)NC(=O)[C@H](CC(C)C)NC(=O)[C@H](N)C(C)C)cc2ccccc12. The molecule has 0 spiro atoms. The van der Waals surface area contributed by atoms with Crippen molar-refractivity contribution in [3.05, 3.63) is 36.4 Å². The van der Waals surface area contributed by atoms with E-state index in [-0.39, 0.29) is 17.8 Å². The van der Waals surface area contributed by atoms with E-state index < -0.39 is 35.8 Å². The van der Waals surface area contributed by atoms with Gasteiger partial charge in [-0.2, -0.15) is 0 Å². The first-order valence-electron chi connectivity index (χ1n) is 13.2. The standard InChI is InChI=1S/C28H43N7O4/c1-16(2)13-22(34-27(38)24(29)17(3)4)26(37)35-25(36)21(11-8-12-32-28(30)31)33-19-14-18-9-6-7-10-20(18)23(15-19)39-5/h6-7,9-10,14-17,21-22,24,33H,8,11-13,29H2,1-5H3,(H,34,38)(H4,30,31,32)(H,35,36,37)/t21-,22-,24+/m0/s1. The Morgan fingerprint density at radius 1 is 0.974 bits per heavy atom. The molecule has 0 aliphatic carbocycles. The number of imide groups is 1. The highest BCUT2D eigenvalue weighted by molar-refractivity contribution is 6.02. The number of nitrogens with two attached hydrogens (primary N) is 3. The fraction of sp³-hybridized carbons (Fsp3) is 0.500. The molecule has 2 aromatic rings. The van der Waals surface area contributed by atoms with Crippen LogP contribution in [0.15, 0.2) is 41.4 Å². The zero-order valence-corrected chi connectivity index (χ0v) is 23.5. The monoisotopic (exact) mass is 541 g/mol. The first kappa shape index (κ1) is 31.4. The van der Waals surface area contributed by atoms with Crippen LogP contribution < -0.4 is 37.9 Å². The number of nitrogens with zero attached hydrogens (tertiary/aromatic N) is 1. The van der Waals surface area contributed by atoms with Gasteiger partial charge in [0, 0.05) is 23.7 Å². The number of guanidine groups is 1. The molecule has 2 aromatic carbocycles. The van der Waals surface area contributed by atoms with Crippen molar-refractivity contribution in [2.24, 2.45) is 34.0 Å². The fourth-order valence-electron chi connectivity index (χ4n) is 4.07. The van der Waals surface area contributed by atoms with Crippen molar-refractivity contribution in [3.8, 4) is 5.75 Å². The van der Waals surface area contributed by atoms with Crippen LogP contribution in [0.5, 0.6) is 5.75 Å². The smallest absolute Gasteiger partial charge is 0.249 e. The molecule has 214 valence electrons. The molecule has 0 radical (unpaired) electrons. The molecule has 0 heterocycles. The average Bonchev–Trinajstić information content (AvgIpc) is 2.88. The third-order valence-electron chi connectivity index (χ3n) is 6.25. The van der Waals surface area contributed by atoms with Crippen LogP contribution in [0.25, 0.3) is 10.8 Å². The molecule has 11 heteroatoms. The summed E-state index contributed by atoms with van der Waals surface area (Å²) in [7, 11) is 1.58. The Balaban J connectivity index is 2.26. The van der Waals surface area contributed by atoms with Crippen LogP contribution in [0.1, 0.15) is 47.0 Å². The van der Waals surface area contributed by atoms with Gasteiger partial charge in [-0.25, -0.2) is 0 Å². The lowest BCUT2D eigenvalue weighted by Gasteiger charge is -2.25. The van der Waals surface area contributed by atoms with Gasteiger partial charge in [-0.3, -0.25) is 24.7 Å². The zero-order valence-electron chi connectivity index (χ0n) is 23.5. The number of carbonyl (C=O) groups is 3. The van der Waals surface area contributed by atoms with E-state index in [0.29, 0.717) is 37.2 Å². The Bertz CT molecular complexity index is 1160. The summed E-state index contributed by atoms with van der Waals surface area (Å²) in [5.74, 6) is -0.971. The van der Waals surface area contributed by atoms with Gasteiger partial charge in [-0.1, -0.05) is 52.0 Å². The lowest BCUT2D eigenvalue weighted by atomic mass is 10.00. The van der Waals surface area contributed by atoms with Gasteiger partial charge in [0.1, 0.15) is 17.8 Å². The van der Waals surface area contributed by atoms with Gasteiger partial charge in [0.05, 0.1) is 13.2 Å². The average molecular weight is 542 g/mol. The Kier molecular flexibility index (Phi) is 12.0. The number of hydrogen-bond donors (Lipinski definition) is 6. The van der Waals surface area contributed by atoms with Crippen LogP contribution in [0.3, 0.4) is 0 Å². The van der Waals surface area contributed by atoms with E-state index in [0.717, 1.165) is 10.8 Å². The number of aliphatic imine (C=N–C) groups is 1. The Morgan fingerprint density at radius 3 is 2.26 bits per heavy atom. The van der Waals surface area contributed by atoms with Crippen LogP contribution in [0.2, 0.25) is 0 Å². The largest absolute Gasteiger partial charge is 0.496 e. The summed E-state index contributed by atoms with van der Waals surface area (Å²) in [6.07, 6.45) is 1.17. The van der Waals surface area contributed by atoms with E-state index in [4.69, 9.17) is 21.9 Å². The quantitative estimate of drug-likeness (QED) is 0.119. The normalized spacial score (nSPS) is 13.4. The number of amides is 3. The third-order valence-corrected chi connectivity index (χ3v) is 6.25. The molecule has 2 rings (SSSR count). The lowest BCUT2D eigenvalue weighted by molar-refractivity contribution is -0.135. The van der Waals surface area contributed by atoms with Gasteiger partial charge >= 0.3 is 0 Å². The van der Waals surface area contributed by atoms with Crippen molar-refractivity contribution in [2.45, 2.75) is 65.1 Å². The molecule has 0 unspecified atom stereocenters. The number of nitrogens with one attached hydrogen (secondary N) is 3. The predicted molar refractivity (Wildman–Crippen MR) is 155 cm³/mol. The number of fused-ring (bicyclic) bond motifs is 1. The molecule has 11 nitrogen and oxygen atoms in total. The van der Waals surface area contributed by atoms with Gasteiger partial charge in [-0.05, 0) is 42.6 Å². The fourth-order valence-corrected chi connectivity index (χ4v) is 4.07. The van der Waals surface area contributed by atoms with Crippen LogP contribution in [0.4, 0.5) is 5.69 Å². The summed E-state index contributed by atoms with van der Waals surface area (Å²) in [5, 5.41) is 10.3. The molecule has 0 bridgehead atoms. The minimum atomic E-state index is -0.908. The van der Waals surface area contributed by atoms with E-state index >= 15 is 0 Å². The molecule has 39 heavy (non-hydrogen) atoms. The number of ether oxygens (including phenoxy) is 1. The van der Waals surface area contributed by atoms with E-state index in [1.165, 1.54) is 0 Å². The maximum absolute atomic E-state index is 13.4. The number of methoxy groups -OCH3 is 1. The Hall–Kier alpha value is -3.86. The Labute approximate surface area is 230 Å². The first-order chi connectivity index (χ1) is 18.4. The molecule has 0 aliphatic heterocycles. The Morgan fingerprint density at radius 2 is 1.64 bits per heavy atom. The highest BCUT2D eigenvalue weighted by atomic mass is 16.5. The van der Waals surface area contributed by atoms with Crippen LogP contribution in [-0.2, 0) is 14.4 Å². The summed E-state index contributed by atoms with van der Waals surface area (Å²) in [4.78, 5) is 43.1. The minimum absolute atomic E-state index is 0.0368. The molecule has 9 N–H and O–H groups in total. The number of rotatable bonds is 14. The van der Waals surface area contributed by atoms with Crippen LogP contribution in [-0.4, -0.2) is 55.5 Å². The second-order valence-electron chi connectivity index (χ2n) is 10.4. The molecule has 3 atom stereocenters. The highest BCUT2D eigenvalue weighted by Gasteiger charge is 2.29. The van der Waals surface area contributed by atoms with Crippen molar-refractivity contribution in [2.75, 3.05) is 19.0 Å². The molecule has 0 aliphatic rings. The maximum Gasteiger partial charge on any atom is 0.249 e. The number of benzene rings is 2. The molecular formula is C28H43N7O4. The predicted octanol–water partition coefficient (Wildman–Crippen LogP) is 1.84. The van der Waals surface area contributed by atoms with Gasteiger partial charge < -0.3 is 32.6 Å². The van der Waals surface area contributed by atoms with E-state index in [1.807, 2.05) is 58.0 Å². The highest BCUT2D eigenvalue weighted by Crippen LogP contribution is 2.30. The molecule has 3 amide bonds. The number of hydrogen-bond acceptors (Lipinski definition) is 7. The van der Waals surface area contributed by atoms with Gasteiger partial charge in [0.25, 0.3) is 0 Å². The second-order valence-corrected chi connectivity index (χ2v) is 10.4. The molecule has 0 saturated heterocycles. The van der Waals surface area contributed by atoms with E-state index in [2.05, 4.69) is 20.9 Å². The summed E-state index contributed by atoms with van der Waals surface area (Å²) >= 11 is 0.